The van der Waals surface area contributed by atoms with E-state index in [0.717, 1.165) is 9.69 Å². The fourth-order valence-electron chi connectivity index (χ4n) is 3.73. The molecule has 0 aromatic heterocycles. The van der Waals surface area contributed by atoms with Crippen molar-refractivity contribution in [2.45, 2.75) is 11.3 Å². The highest BCUT2D eigenvalue weighted by Crippen LogP contribution is 2.41. The summed E-state index contributed by atoms with van der Waals surface area (Å²) in [6.45, 7) is -0.477. The van der Waals surface area contributed by atoms with Crippen LogP contribution >= 0.6 is 0 Å². The minimum Gasteiger partial charge on any atom is -0.369 e. The number of carbonyl (C=O) groups is 2. The molecule has 160 valence electrons. The van der Waals surface area contributed by atoms with Crippen molar-refractivity contribution in [3.8, 4) is 0 Å². The Morgan fingerprint density at radius 1 is 1.03 bits per heavy atom. The van der Waals surface area contributed by atoms with Gasteiger partial charge in [0.1, 0.15) is 12.4 Å². The Morgan fingerprint density at radius 3 is 2.39 bits per heavy atom. The molecule has 0 saturated heterocycles. The molecule has 2 amide bonds. The van der Waals surface area contributed by atoms with Crippen molar-refractivity contribution >= 4 is 38.3 Å². The third kappa shape index (κ3) is 3.96. The first-order chi connectivity index (χ1) is 14.8. The topological polar surface area (TPSA) is 110 Å². The fourth-order valence-corrected chi connectivity index (χ4v) is 5.40. The van der Waals surface area contributed by atoms with Crippen LogP contribution in [0.2, 0.25) is 0 Å². The molecule has 3 aromatic rings. The number of benzene rings is 3. The Hall–Kier alpha value is -3.46. The van der Waals surface area contributed by atoms with Crippen LogP contribution in [-0.2, 0) is 26.0 Å². The lowest BCUT2D eigenvalue weighted by Crippen LogP contribution is -2.43. The molecule has 3 N–H and O–H groups in total. The summed E-state index contributed by atoms with van der Waals surface area (Å²) < 4.78 is 40.1. The Balaban J connectivity index is 1.47. The van der Waals surface area contributed by atoms with Gasteiger partial charge in [-0.2, -0.15) is 0 Å². The maximum atomic E-state index is 13.1. The van der Waals surface area contributed by atoms with Crippen molar-refractivity contribution in [2.24, 2.45) is 11.7 Å². The normalized spacial score (nSPS) is 15.1. The quantitative estimate of drug-likeness (QED) is 0.584. The van der Waals surface area contributed by atoms with Crippen LogP contribution in [0.4, 0.5) is 10.1 Å². The molecule has 0 bridgehead atoms. The second-order valence-electron chi connectivity index (χ2n) is 7.38. The van der Waals surface area contributed by atoms with Crippen molar-refractivity contribution in [3.05, 3.63) is 72.0 Å². The summed E-state index contributed by atoms with van der Waals surface area (Å²) in [6, 6.07) is 15.8. The molecule has 3 aromatic carbocycles. The highest BCUT2D eigenvalue weighted by molar-refractivity contribution is 7.93. The van der Waals surface area contributed by atoms with Gasteiger partial charge in [0.2, 0.25) is 11.8 Å². The van der Waals surface area contributed by atoms with E-state index in [4.69, 9.17) is 5.73 Å². The van der Waals surface area contributed by atoms with Crippen LogP contribution in [0.25, 0.3) is 10.8 Å². The van der Waals surface area contributed by atoms with Crippen molar-refractivity contribution in [1.82, 2.24) is 5.32 Å². The molecule has 0 radical (unpaired) electrons. The number of amides is 2. The van der Waals surface area contributed by atoms with Crippen LogP contribution in [0.15, 0.2) is 65.6 Å². The molecule has 31 heavy (non-hydrogen) atoms. The third-order valence-electron chi connectivity index (χ3n) is 5.31. The molecule has 1 aliphatic heterocycles. The van der Waals surface area contributed by atoms with E-state index in [1.54, 1.807) is 30.3 Å². The van der Waals surface area contributed by atoms with E-state index in [0.29, 0.717) is 16.6 Å². The maximum Gasteiger partial charge on any atom is 0.265 e. The summed E-state index contributed by atoms with van der Waals surface area (Å²) in [5, 5.41) is 3.96. The predicted octanol–water partition coefficient (Wildman–Crippen LogP) is 1.95. The number of halogens is 1. The summed E-state index contributed by atoms with van der Waals surface area (Å²) in [6.07, 6.45) is 0.225. The average molecular weight is 441 g/mol. The minimum atomic E-state index is -3.86. The molecule has 0 aliphatic carbocycles. The molecular formula is C22H20FN3O4S. The van der Waals surface area contributed by atoms with Gasteiger partial charge < -0.3 is 11.1 Å². The Bertz CT molecular complexity index is 1270. The van der Waals surface area contributed by atoms with Gasteiger partial charge >= 0.3 is 0 Å². The van der Waals surface area contributed by atoms with Crippen molar-refractivity contribution in [3.63, 3.8) is 0 Å². The zero-order valence-corrected chi connectivity index (χ0v) is 17.2. The van der Waals surface area contributed by atoms with Crippen LogP contribution in [0.1, 0.15) is 5.56 Å². The van der Waals surface area contributed by atoms with Crippen LogP contribution in [-0.4, -0.2) is 33.3 Å². The second-order valence-corrected chi connectivity index (χ2v) is 9.21. The Morgan fingerprint density at radius 2 is 1.71 bits per heavy atom. The summed E-state index contributed by atoms with van der Waals surface area (Å²) >= 11 is 0. The largest absolute Gasteiger partial charge is 0.369 e. The molecular weight excluding hydrogens is 421 g/mol. The second kappa shape index (κ2) is 7.99. The van der Waals surface area contributed by atoms with E-state index in [9.17, 15) is 22.4 Å². The van der Waals surface area contributed by atoms with Gasteiger partial charge in [0.05, 0.1) is 16.5 Å². The number of rotatable bonds is 7. The summed E-state index contributed by atoms with van der Waals surface area (Å²) in [7, 11) is -3.86. The predicted molar refractivity (Wildman–Crippen MR) is 114 cm³/mol. The molecule has 9 heteroatoms. The van der Waals surface area contributed by atoms with Gasteiger partial charge in [-0.15, -0.1) is 0 Å². The van der Waals surface area contributed by atoms with E-state index in [2.05, 4.69) is 5.32 Å². The number of carbonyl (C=O) groups excluding carboxylic acids is 2. The van der Waals surface area contributed by atoms with E-state index < -0.39 is 40.1 Å². The SMILES string of the molecule is NC(=O)C(CNC(=O)CN1c2cccc3cccc(c23)S1(=O)=O)Cc1ccc(F)cc1. The van der Waals surface area contributed by atoms with Gasteiger partial charge in [0.15, 0.2) is 0 Å². The lowest BCUT2D eigenvalue weighted by molar-refractivity contribution is -0.122. The van der Waals surface area contributed by atoms with Crippen molar-refractivity contribution in [1.29, 1.82) is 0 Å². The average Bonchev–Trinajstić information content (AvgIpc) is 2.95. The molecule has 1 aliphatic rings. The van der Waals surface area contributed by atoms with E-state index in [-0.39, 0.29) is 17.9 Å². The lowest BCUT2D eigenvalue weighted by Gasteiger charge is -2.20. The Kier molecular flexibility index (Phi) is 5.36. The van der Waals surface area contributed by atoms with Gasteiger partial charge in [0.25, 0.3) is 10.0 Å². The van der Waals surface area contributed by atoms with E-state index >= 15 is 0 Å². The van der Waals surface area contributed by atoms with Crippen LogP contribution in [0.5, 0.6) is 0 Å². The molecule has 4 rings (SSSR count). The van der Waals surface area contributed by atoms with Gasteiger partial charge in [-0.05, 0) is 41.6 Å². The van der Waals surface area contributed by atoms with Crippen molar-refractivity contribution < 1.29 is 22.4 Å². The fraction of sp³-hybridized carbons (Fsp3) is 0.182. The zero-order chi connectivity index (χ0) is 22.2. The number of nitrogens with one attached hydrogen (secondary N) is 1. The molecule has 1 unspecified atom stereocenters. The molecule has 0 saturated carbocycles. The summed E-state index contributed by atoms with van der Waals surface area (Å²) in [5.74, 6) is -2.28. The van der Waals surface area contributed by atoms with Gasteiger partial charge in [0, 0.05) is 11.9 Å². The standard InChI is InChI=1S/C22H20FN3O4S/c23-17-9-7-14(8-10-17)11-16(22(24)28)12-25-20(27)13-26-18-5-1-3-15-4-2-6-19(21(15)18)31(26,29)30/h1-10,16H,11-13H2,(H2,24,28)(H,25,27). The van der Waals surface area contributed by atoms with E-state index in [1.165, 1.54) is 18.2 Å². The van der Waals surface area contributed by atoms with Gasteiger partial charge in [-0.1, -0.05) is 36.4 Å². The number of sulfonamides is 1. The van der Waals surface area contributed by atoms with E-state index in [1.807, 2.05) is 12.1 Å². The number of hydrogen-bond acceptors (Lipinski definition) is 4. The number of primary amides is 1. The van der Waals surface area contributed by atoms with Gasteiger partial charge in [-0.3, -0.25) is 13.9 Å². The summed E-state index contributed by atoms with van der Waals surface area (Å²) in [4.78, 5) is 24.5. The smallest absolute Gasteiger partial charge is 0.265 e. The number of nitrogens with zero attached hydrogens (tertiary/aromatic N) is 1. The van der Waals surface area contributed by atoms with Gasteiger partial charge in [-0.25, -0.2) is 12.8 Å². The van der Waals surface area contributed by atoms with Crippen LogP contribution in [0, 0.1) is 11.7 Å². The number of anilines is 1. The Labute approximate surface area is 178 Å². The first kappa shape index (κ1) is 20.8. The number of nitrogens with two attached hydrogens (primary N) is 1. The first-order valence-corrected chi connectivity index (χ1v) is 11.1. The minimum absolute atomic E-state index is 0.0589. The molecule has 1 heterocycles. The lowest BCUT2D eigenvalue weighted by atomic mass is 9.98. The van der Waals surface area contributed by atoms with Crippen LogP contribution in [0.3, 0.4) is 0 Å². The highest BCUT2D eigenvalue weighted by atomic mass is 32.2. The highest BCUT2D eigenvalue weighted by Gasteiger charge is 2.36. The summed E-state index contributed by atoms with van der Waals surface area (Å²) in [5.41, 5.74) is 6.59. The molecule has 1 atom stereocenters. The maximum absolute atomic E-state index is 13.1. The molecule has 7 nitrogen and oxygen atoms in total. The first-order valence-electron chi connectivity index (χ1n) is 9.62. The monoisotopic (exact) mass is 441 g/mol. The molecule has 0 fully saturated rings. The van der Waals surface area contributed by atoms with Crippen LogP contribution < -0.4 is 15.4 Å². The van der Waals surface area contributed by atoms with Crippen molar-refractivity contribution in [2.75, 3.05) is 17.4 Å². The zero-order valence-electron chi connectivity index (χ0n) is 16.4. The third-order valence-corrected chi connectivity index (χ3v) is 7.11. The number of hydrogen-bond donors (Lipinski definition) is 2. The molecule has 0 spiro atoms.